The summed E-state index contributed by atoms with van der Waals surface area (Å²) in [6, 6.07) is 5.97. The Bertz CT molecular complexity index is 978. The van der Waals surface area contributed by atoms with Gasteiger partial charge in [-0.3, -0.25) is 0 Å². The lowest BCUT2D eigenvalue weighted by Gasteiger charge is -2.33. The van der Waals surface area contributed by atoms with Crippen molar-refractivity contribution in [1.29, 1.82) is 5.26 Å². The number of fused-ring (bicyclic) bond motifs is 1. The fourth-order valence-corrected chi connectivity index (χ4v) is 4.08. The number of aromatic nitrogens is 4. The zero-order chi connectivity index (χ0) is 18.1. The second-order valence-corrected chi connectivity index (χ2v) is 7.38. The number of piperidine rings is 1. The molecule has 3 aromatic rings. The van der Waals surface area contributed by atoms with Crippen molar-refractivity contribution in [2.24, 2.45) is 11.8 Å². The first-order chi connectivity index (χ1) is 12.6. The third kappa shape index (κ3) is 3.11. The van der Waals surface area contributed by atoms with Gasteiger partial charge in [0, 0.05) is 25.4 Å². The molecule has 0 bridgehead atoms. The topological polar surface area (TPSA) is 117 Å². The molecule has 0 saturated carbocycles. The van der Waals surface area contributed by atoms with E-state index < -0.39 is 0 Å². The van der Waals surface area contributed by atoms with Gasteiger partial charge in [0.25, 0.3) is 0 Å². The molecule has 4 heterocycles. The van der Waals surface area contributed by atoms with E-state index in [0.717, 1.165) is 34.9 Å². The molecule has 26 heavy (non-hydrogen) atoms. The Labute approximate surface area is 154 Å². The van der Waals surface area contributed by atoms with Crippen molar-refractivity contribution in [1.82, 2.24) is 19.9 Å². The summed E-state index contributed by atoms with van der Waals surface area (Å²) in [5, 5.41) is 13.5. The van der Waals surface area contributed by atoms with Crippen LogP contribution in [0.3, 0.4) is 0 Å². The van der Waals surface area contributed by atoms with Gasteiger partial charge in [-0.05, 0) is 18.4 Å². The van der Waals surface area contributed by atoms with Crippen LogP contribution in [0.25, 0.3) is 10.2 Å². The van der Waals surface area contributed by atoms with Crippen molar-refractivity contribution in [3.05, 3.63) is 24.7 Å². The summed E-state index contributed by atoms with van der Waals surface area (Å²) in [6.07, 6.45) is 4.12. The zero-order valence-corrected chi connectivity index (χ0v) is 15.1. The highest BCUT2D eigenvalue weighted by molar-refractivity contribution is 7.22. The van der Waals surface area contributed by atoms with Crippen LogP contribution in [-0.2, 0) is 0 Å². The number of hydrogen-bond acceptors (Lipinski definition) is 9. The van der Waals surface area contributed by atoms with E-state index in [-0.39, 0.29) is 5.92 Å². The molecule has 1 aliphatic rings. The molecule has 1 fully saturated rings. The van der Waals surface area contributed by atoms with Crippen LogP contribution >= 0.6 is 11.3 Å². The summed E-state index contributed by atoms with van der Waals surface area (Å²) >= 11 is 1.57. The molecule has 0 radical (unpaired) electrons. The van der Waals surface area contributed by atoms with Gasteiger partial charge in [0.15, 0.2) is 10.9 Å². The highest BCUT2D eigenvalue weighted by Gasteiger charge is 2.28. The highest BCUT2D eigenvalue weighted by Crippen LogP contribution is 2.36. The molecule has 132 valence electrons. The Hall–Kier alpha value is -2.99. The second kappa shape index (κ2) is 6.72. The fourth-order valence-electron chi connectivity index (χ4n) is 3.04. The largest absolute Gasteiger partial charge is 0.384 e. The normalized spacial score (nSPS) is 20.1. The van der Waals surface area contributed by atoms with Gasteiger partial charge in [-0.1, -0.05) is 18.3 Å². The Morgan fingerprint density at radius 2 is 2.27 bits per heavy atom. The Kier molecular flexibility index (Phi) is 4.26. The lowest BCUT2D eigenvalue weighted by Crippen LogP contribution is -2.38. The number of nitrogen functional groups attached to an aromatic ring is 1. The predicted molar refractivity (Wildman–Crippen MR) is 102 cm³/mol. The van der Waals surface area contributed by atoms with E-state index in [9.17, 15) is 5.26 Å². The van der Waals surface area contributed by atoms with E-state index in [1.165, 1.54) is 6.33 Å². The van der Waals surface area contributed by atoms with Gasteiger partial charge < -0.3 is 16.0 Å². The minimum absolute atomic E-state index is 0.0375. The fraction of sp³-hybridized carbons (Fsp3) is 0.353. The molecule has 8 nitrogen and oxygen atoms in total. The third-order valence-corrected chi connectivity index (χ3v) is 5.76. The number of pyridine rings is 1. The van der Waals surface area contributed by atoms with Gasteiger partial charge in [0.05, 0.1) is 22.2 Å². The number of nitrogens with zero attached hydrogens (tertiary/aromatic N) is 6. The molecule has 0 aliphatic carbocycles. The summed E-state index contributed by atoms with van der Waals surface area (Å²) in [5.74, 6) is 2.13. The molecule has 9 heteroatoms. The van der Waals surface area contributed by atoms with E-state index in [2.05, 4.69) is 38.2 Å². The Morgan fingerprint density at radius 3 is 3.08 bits per heavy atom. The number of nitrogens with two attached hydrogens (primary N) is 1. The average Bonchev–Trinajstić information content (AvgIpc) is 3.07. The molecular weight excluding hydrogens is 348 g/mol. The van der Waals surface area contributed by atoms with Gasteiger partial charge in [0.2, 0.25) is 0 Å². The van der Waals surface area contributed by atoms with Crippen molar-refractivity contribution in [2.75, 3.05) is 29.0 Å². The first-order valence-corrected chi connectivity index (χ1v) is 9.20. The predicted octanol–water partition coefficient (Wildman–Crippen LogP) is 2.79. The van der Waals surface area contributed by atoms with Gasteiger partial charge >= 0.3 is 0 Å². The van der Waals surface area contributed by atoms with Crippen LogP contribution in [0.5, 0.6) is 0 Å². The maximum Gasteiger partial charge on any atom is 0.186 e. The average molecular weight is 366 g/mol. The molecule has 1 aliphatic heterocycles. The lowest BCUT2D eigenvalue weighted by molar-refractivity contribution is 0.363. The summed E-state index contributed by atoms with van der Waals surface area (Å²) < 4.78 is 0.951. The van der Waals surface area contributed by atoms with Crippen molar-refractivity contribution in [3.63, 3.8) is 0 Å². The van der Waals surface area contributed by atoms with Gasteiger partial charge in [-0.15, -0.1) is 0 Å². The van der Waals surface area contributed by atoms with E-state index in [1.807, 2.05) is 6.07 Å². The number of hydrogen-bond donors (Lipinski definition) is 2. The van der Waals surface area contributed by atoms with Crippen LogP contribution in [0.2, 0.25) is 0 Å². The van der Waals surface area contributed by atoms with Crippen molar-refractivity contribution < 1.29 is 0 Å². The Balaban J connectivity index is 1.64. The zero-order valence-electron chi connectivity index (χ0n) is 14.3. The maximum atomic E-state index is 9.36. The summed E-state index contributed by atoms with van der Waals surface area (Å²) in [6.45, 7) is 3.77. The lowest BCUT2D eigenvalue weighted by atomic mass is 9.88. The number of nitrogens with one attached hydrogen (secondary N) is 1. The molecule has 0 amide bonds. The summed E-state index contributed by atoms with van der Waals surface area (Å²) in [5.41, 5.74) is 6.58. The molecule has 0 aromatic carbocycles. The van der Waals surface area contributed by atoms with E-state index in [0.29, 0.717) is 23.4 Å². The molecular formula is C17H18N8S. The number of rotatable bonds is 3. The monoisotopic (exact) mass is 366 g/mol. The van der Waals surface area contributed by atoms with E-state index >= 15 is 0 Å². The Morgan fingerprint density at radius 1 is 1.38 bits per heavy atom. The number of nitriles is 1. The smallest absolute Gasteiger partial charge is 0.186 e. The molecule has 2 atom stereocenters. The van der Waals surface area contributed by atoms with Crippen LogP contribution in [0.4, 0.5) is 22.6 Å². The minimum atomic E-state index is 0.0375. The van der Waals surface area contributed by atoms with Crippen molar-refractivity contribution in [3.8, 4) is 6.07 Å². The van der Waals surface area contributed by atoms with Crippen molar-refractivity contribution >= 4 is 44.1 Å². The highest BCUT2D eigenvalue weighted by atomic mass is 32.1. The van der Waals surface area contributed by atoms with Gasteiger partial charge in [-0.25, -0.2) is 19.9 Å². The number of anilines is 4. The molecule has 0 unspecified atom stereocenters. The van der Waals surface area contributed by atoms with Gasteiger partial charge in [-0.2, -0.15) is 5.26 Å². The first-order valence-electron chi connectivity index (χ1n) is 8.38. The summed E-state index contributed by atoms with van der Waals surface area (Å²) in [4.78, 5) is 19.4. The molecule has 4 rings (SSSR count). The molecule has 1 saturated heterocycles. The minimum Gasteiger partial charge on any atom is -0.384 e. The van der Waals surface area contributed by atoms with E-state index in [1.54, 1.807) is 23.6 Å². The molecule has 0 spiro atoms. The number of thiazole rings is 1. The van der Waals surface area contributed by atoms with Crippen LogP contribution in [-0.4, -0.2) is 33.0 Å². The molecule has 3 N–H and O–H groups in total. The van der Waals surface area contributed by atoms with E-state index in [4.69, 9.17) is 10.7 Å². The second-order valence-electron chi connectivity index (χ2n) is 6.40. The van der Waals surface area contributed by atoms with Crippen LogP contribution in [0, 0.1) is 23.2 Å². The van der Waals surface area contributed by atoms with Crippen LogP contribution in [0.15, 0.2) is 24.7 Å². The SMILES string of the molecule is C[C@H]1CCN(c2nc3ccnc(Nc4cc(N)ncn4)c3s2)C[C@@H]1C#N. The molecule has 3 aromatic heterocycles. The maximum absolute atomic E-state index is 9.36. The first kappa shape index (κ1) is 16.5. The third-order valence-electron chi connectivity index (χ3n) is 4.62. The summed E-state index contributed by atoms with van der Waals surface area (Å²) in [7, 11) is 0. The van der Waals surface area contributed by atoms with Crippen LogP contribution in [0.1, 0.15) is 13.3 Å². The van der Waals surface area contributed by atoms with Crippen LogP contribution < -0.4 is 16.0 Å². The standard InChI is InChI=1S/C17H18N8S/c1-10-3-5-25(8-11(10)7-18)17-23-12-2-4-20-16(15(12)26-17)24-14-6-13(19)21-9-22-14/h2,4,6,9-11H,3,5,8H2,1H3,(H3,19,20,21,22,24)/t10-,11-/m0/s1. The quantitative estimate of drug-likeness (QED) is 0.727. The van der Waals surface area contributed by atoms with Gasteiger partial charge in [0.1, 0.15) is 18.0 Å². The van der Waals surface area contributed by atoms with Crippen molar-refractivity contribution in [2.45, 2.75) is 13.3 Å².